The molecule has 0 radical (unpaired) electrons. The molecule has 3 rings (SSSR count). The zero-order chi connectivity index (χ0) is 16.0. The molecule has 2 aliphatic rings. The first-order valence-corrected chi connectivity index (χ1v) is 6.62. The average molecular weight is 303 g/mol. The zero-order valence-corrected chi connectivity index (χ0v) is 12.2. The van der Waals surface area contributed by atoms with Gasteiger partial charge >= 0.3 is 17.1 Å². The van der Waals surface area contributed by atoms with Crippen LogP contribution in [0, 0.1) is 12.1 Å². The molecule has 0 N–H and O–H groups in total. The fourth-order valence-corrected chi connectivity index (χ4v) is 2.15. The Bertz CT molecular complexity index is 952. The Labute approximate surface area is 124 Å². The van der Waals surface area contributed by atoms with Gasteiger partial charge < -0.3 is 9.62 Å². The van der Waals surface area contributed by atoms with Gasteiger partial charge in [0.1, 0.15) is 5.76 Å². The quantitative estimate of drug-likeness (QED) is 0.473. The first kappa shape index (κ1) is 14.0. The molecule has 0 spiro atoms. The normalized spacial score (nSPS) is 11.2. The van der Waals surface area contributed by atoms with Crippen LogP contribution in [-0.4, -0.2) is 19.3 Å². The van der Waals surface area contributed by atoms with Gasteiger partial charge in [-0.1, -0.05) is 0 Å². The molecule has 0 atom stereocenters. The lowest BCUT2D eigenvalue weighted by Crippen LogP contribution is -2.47. The monoisotopic (exact) mass is 303 g/mol. The summed E-state index contributed by atoms with van der Waals surface area (Å²) >= 11 is 0. The summed E-state index contributed by atoms with van der Waals surface area (Å²) in [6.07, 6.45) is 0. The number of hydrogen-bond acceptors (Lipinski definition) is 6. The highest BCUT2D eigenvalue weighted by Gasteiger charge is 2.29. The van der Waals surface area contributed by atoms with Crippen molar-refractivity contribution in [2.45, 2.75) is 20.4 Å². The molecule has 114 valence electrons. The van der Waals surface area contributed by atoms with Gasteiger partial charge in [-0.05, 0) is 26.0 Å². The predicted molar refractivity (Wildman–Crippen MR) is 75.2 cm³/mol. The second-order valence-electron chi connectivity index (χ2n) is 4.77. The third-order valence-electron chi connectivity index (χ3n) is 3.32. The molecular weight excluding hydrogens is 290 g/mol. The smallest absolute Gasteiger partial charge is 0.394 e. The maximum absolute atomic E-state index is 12.5. The van der Waals surface area contributed by atoms with Crippen molar-refractivity contribution in [3.05, 3.63) is 43.9 Å². The number of nitrogens with zero attached hydrogens (tertiary/aromatic N) is 5. The molecule has 0 unspecified atom stereocenters. The highest BCUT2D eigenvalue weighted by molar-refractivity contribution is 5.49. The largest absolute Gasteiger partial charge is 0.710 e. The summed E-state index contributed by atoms with van der Waals surface area (Å²) in [6.45, 7) is 3.84. The first-order valence-electron chi connectivity index (χ1n) is 6.62. The molecule has 3 heterocycles. The van der Waals surface area contributed by atoms with Crippen molar-refractivity contribution >= 4 is 0 Å². The van der Waals surface area contributed by atoms with E-state index in [1.54, 1.807) is 26.0 Å². The van der Waals surface area contributed by atoms with Gasteiger partial charge in [-0.2, -0.15) is 9.67 Å². The fourth-order valence-electron chi connectivity index (χ4n) is 2.15. The van der Waals surface area contributed by atoms with Crippen molar-refractivity contribution in [1.82, 2.24) is 19.3 Å². The van der Waals surface area contributed by atoms with Gasteiger partial charge in [0, 0.05) is 7.05 Å². The van der Waals surface area contributed by atoms with Crippen molar-refractivity contribution in [2.24, 2.45) is 7.05 Å². The molecule has 9 heteroatoms. The molecule has 9 nitrogen and oxygen atoms in total. The average Bonchev–Trinajstić information content (AvgIpc) is 2.91. The van der Waals surface area contributed by atoms with Crippen LogP contribution >= 0.6 is 0 Å². The van der Waals surface area contributed by atoms with Crippen molar-refractivity contribution < 1.29 is 9.15 Å². The minimum atomic E-state index is -0.733. The summed E-state index contributed by atoms with van der Waals surface area (Å²) in [5, 5.41) is 16.7. The lowest BCUT2D eigenvalue weighted by Gasteiger charge is -2.14. The third kappa shape index (κ3) is 1.90. The van der Waals surface area contributed by atoms with E-state index >= 15 is 0 Å². The molecule has 0 aromatic carbocycles. The molecular formula is C13H13N5O4. The third-order valence-corrected chi connectivity index (χ3v) is 3.32. The van der Waals surface area contributed by atoms with E-state index in [1.165, 1.54) is 11.7 Å². The number of rotatable bonds is 2. The van der Waals surface area contributed by atoms with Crippen molar-refractivity contribution in [3.63, 3.8) is 0 Å². The molecule has 0 fully saturated rings. The molecule has 1 aromatic rings. The summed E-state index contributed by atoms with van der Waals surface area (Å²) in [6, 6.07) is 3.28. The molecule has 0 bridgehead atoms. The van der Waals surface area contributed by atoms with Crippen LogP contribution in [0.2, 0.25) is 0 Å². The standard InChI is InChI=1S/C13H13N5O4/c1-4-17-11-9(12(19)16(3)13(20)14-11)18(21)10(15-17)8-6-5-7(2)22-8/h5-6H,4H2,1-3H3. The Morgan fingerprint density at radius 1 is 1.36 bits per heavy atom. The SMILES string of the molecule is CCn1nc(-c2ccc(C)o2)[n+]([O-])c2c(=O)n(C)c(=O)nc1-2. The molecule has 22 heavy (non-hydrogen) atoms. The maximum atomic E-state index is 12.5. The Balaban J connectivity index is 2.47. The highest BCUT2D eigenvalue weighted by Crippen LogP contribution is 2.19. The predicted octanol–water partition coefficient (Wildman–Crippen LogP) is -0.336. The molecule has 0 aliphatic carbocycles. The summed E-state index contributed by atoms with van der Waals surface area (Å²) < 4.78 is 7.88. The molecule has 0 saturated heterocycles. The van der Waals surface area contributed by atoms with Gasteiger partial charge in [0.05, 0.1) is 11.6 Å². The van der Waals surface area contributed by atoms with E-state index in [9.17, 15) is 14.8 Å². The van der Waals surface area contributed by atoms with Crippen LogP contribution in [-0.2, 0) is 13.6 Å². The van der Waals surface area contributed by atoms with E-state index in [1.807, 2.05) is 0 Å². The van der Waals surface area contributed by atoms with E-state index in [0.29, 0.717) is 17.0 Å². The van der Waals surface area contributed by atoms with Crippen molar-refractivity contribution in [2.75, 3.05) is 0 Å². The van der Waals surface area contributed by atoms with Gasteiger partial charge in [0.15, 0.2) is 0 Å². The first-order chi connectivity index (χ1) is 10.4. The maximum Gasteiger partial charge on any atom is 0.394 e. The van der Waals surface area contributed by atoms with E-state index in [0.717, 1.165) is 4.57 Å². The number of hydrogen-bond donors (Lipinski definition) is 0. The minimum absolute atomic E-state index is 0.0439. The van der Waals surface area contributed by atoms with E-state index in [2.05, 4.69) is 10.1 Å². The van der Waals surface area contributed by atoms with Gasteiger partial charge in [-0.25, -0.2) is 9.52 Å². The van der Waals surface area contributed by atoms with E-state index < -0.39 is 11.2 Å². The molecule has 0 amide bonds. The van der Waals surface area contributed by atoms with Gasteiger partial charge in [0.25, 0.3) is 0 Å². The number of furan rings is 1. The Kier molecular flexibility index (Phi) is 3.05. The topological polar surface area (TPSA) is 110 Å². The highest BCUT2D eigenvalue weighted by atomic mass is 16.5. The Morgan fingerprint density at radius 3 is 2.68 bits per heavy atom. The van der Waals surface area contributed by atoms with Crippen LogP contribution in [0.4, 0.5) is 0 Å². The summed E-state index contributed by atoms with van der Waals surface area (Å²) in [5.41, 5.74) is -1.70. The molecule has 0 saturated carbocycles. The van der Waals surface area contributed by atoms with Gasteiger partial charge in [0.2, 0.25) is 17.3 Å². The molecule has 1 aromatic heterocycles. The van der Waals surface area contributed by atoms with Crippen LogP contribution in [0.1, 0.15) is 12.7 Å². The number of fused-ring (bicyclic) bond motifs is 1. The van der Waals surface area contributed by atoms with Crippen LogP contribution in [0.5, 0.6) is 0 Å². The number of aryl methyl sites for hydroxylation is 2. The fraction of sp³-hybridized carbons (Fsp3) is 0.308. The van der Waals surface area contributed by atoms with Crippen molar-refractivity contribution in [3.8, 4) is 23.1 Å². The summed E-state index contributed by atoms with van der Waals surface area (Å²) in [4.78, 5) is 27.7. The van der Waals surface area contributed by atoms with E-state index in [-0.39, 0.29) is 23.1 Å². The van der Waals surface area contributed by atoms with Crippen LogP contribution < -0.4 is 16.0 Å². The lowest BCUT2D eigenvalue weighted by molar-refractivity contribution is -0.588. The second kappa shape index (κ2) is 4.79. The van der Waals surface area contributed by atoms with Crippen LogP contribution in [0.15, 0.2) is 26.1 Å². The van der Waals surface area contributed by atoms with Crippen molar-refractivity contribution in [1.29, 1.82) is 0 Å². The van der Waals surface area contributed by atoms with Crippen LogP contribution in [0.25, 0.3) is 23.1 Å². The number of aromatic nitrogens is 5. The minimum Gasteiger partial charge on any atom is -0.710 e. The van der Waals surface area contributed by atoms with Gasteiger partial charge in [-0.3, -0.25) is 9.36 Å². The Morgan fingerprint density at radius 2 is 2.09 bits per heavy atom. The van der Waals surface area contributed by atoms with Gasteiger partial charge in [-0.15, -0.1) is 0 Å². The summed E-state index contributed by atoms with van der Waals surface area (Å²) in [7, 11) is 1.27. The Hall–Kier alpha value is -2.97. The van der Waals surface area contributed by atoms with E-state index in [4.69, 9.17) is 4.42 Å². The zero-order valence-electron chi connectivity index (χ0n) is 12.2. The molecule has 2 aliphatic heterocycles. The summed E-state index contributed by atoms with van der Waals surface area (Å²) in [5.74, 6) is 0.753. The van der Waals surface area contributed by atoms with Crippen LogP contribution in [0.3, 0.4) is 0 Å². The lowest BCUT2D eigenvalue weighted by atomic mass is 10.3. The second-order valence-corrected chi connectivity index (χ2v) is 4.77.